The summed E-state index contributed by atoms with van der Waals surface area (Å²) in [6, 6.07) is 7.74. The molecule has 1 amide bonds. The van der Waals surface area contributed by atoms with E-state index in [0.717, 1.165) is 0 Å². The highest BCUT2D eigenvalue weighted by Crippen LogP contribution is 2.31. The Morgan fingerprint density at radius 1 is 1.35 bits per heavy atom. The van der Waals surface area contributed by atoms with E-state index in [-0.39, 0.29) is 24.0 Å². The van der Waals surface area contributed by atoms with E-state index in [0.29, 0.717) is 4.57 Å². The fraction of sp³-hybridized carbons (Fsp3) is 0.375. The molecule has 0 aliphatic carbocycles. The summed E-state index contributed by atoms with van der Waals surface area (Å²) in [4.78, 5) is 28.4. The molecule has 10 heteroatoms. The predicted molar refractivity (Wildman–Crippen MR) is 83.6 cm³/mol. The van der Waals surface area contributed by atoms with Crippen molar-refractivity contribution in [2.24, 2.45) is 0 Å². The Morgan fingerprint density at radius 3 is 2.69 bits per heavy atom. The van der Waals surface area contributed by atoms with Gasteiger partial charge in [0.05, 0.1) is 23.5 Å². The molecule has 1 aromatic carbocycles. The first-order valence-electron chi connectivity index (χ1n) is 7.53. The number of carbonyl (C=O) groups excluding carboxylic acids is 2. The lowest BCUT2D eigenvalue weighted by atomic mass is 10.3. The van der Waals surface area contributed by atoms with E-state index in [9.17, 15) is 22.8 Å². The van der Waals surface area contributed by atoms with E-state index in [1.165, 1.54) is 36.2 Å². The van der Waals surface area contributed by atoms with Gasteiger partial charge >= 0.3 is 12.1 Å². The van der Waals surface area contributed by atoms with Crippen LogP contribution in [0.5, 0.6) is 0 Å². The summed E-state index contributed by atoms with van der Waals surface area (Å²) in [5.41, 5.74) is 0.231. The molecule has 26 heavy (non-hydrogen) atoms. The largest absolute Gasteiger partial charge is 0.454 e. The second kappa shape index (κ2) is 7.86. The second-order valence-corrected chi connectivity index (χ2v) is 5.39. The highest BCUT2D eigenvalue weighted by molar-refractivity contribution is 5.82. The number of para-hydroxylation sites is 2. The van der Waals surface area contributed by atoms with Crippen LogP contribution in [-0.2, 0) is 27.0 Å². The average Bonchev–Trinajstić information content (AvgIpc) is 2.96. The minimum atomic E-state index is -4.74. The van der Waals surface area contributed by atoms with Crippen molar-refractivity contribution in [3.8, 4) is 6.07 Å². The lowest BCUT2D eigenvalue weighted by molar-refractivity contribution is -0.154. The third kappa shape index (κ3) is 4.50. The number of benzene rings is 1. The zero-order valence-corrected chi connectivity index (χ0v) is 13.8. The third-order valence-corrected chi connectivity index (χ3v) is 3.54. The van der Waals surface area contributed by atoms with Crippen LogP contribution in [0.2, 0.25) is 0 Å². The number of fused-ring (bicyclic) bond motifs is 1. The smallest absolute Gasteiger partial charge is 0.449 e. The van der Waals surface area contributed by atoms with Gasteiger partial charge in [0.1, 0.15) is 6.54 Å². The SMILES string of the molecule is CN(CCC#N)C(=O)COC(=O)Cn1c(C(F)(F)F)nc2ccccc21. The van der Waals surface area contributed by atoms with Gasteiger partial charge in [-0.25, -0.2) is 4.98 Å². The van der Waals surface area contributed by atoms with Gasteiger partial charge in [0, 0.05) is 13.6 Å². The molecule has 0 N–H and O–H groups in total. The molecule has 0 bridgehead atoms. The quantitative estimate of drug-likeness (QED) is 0.728. The van der Waals surface area contributed by atoms with Crippen LogP contribution < -0.4 is 0 Å². The molecule has 0 saturated carbocycles. The summed E-state index contributed by atoms with van der Waals surface area (Å²) in [6.45, 7) is -1.18. The number of likely N-dealkylation sites (N-methyl/N-ethyl adjacent to an activating group) is 1. The fourth-order valence-electron chi connectivity index (χ4n) is 2.22. The number of halogens is 3. The summed E-state index contributed by atoms with van der Waals surface area (Å²) in [7, 11) is 1.43. The van der Waals surface area contributed by atoms with Crippen molar-refractivity contribution in [3.63, 3.8) is 0 Å². The number of amides is 1. The van der Waals surface area contributed by atoms with Crippen LogP contribution in [0.15, 0.2) is 24.3 Å². The first kappa shape index (κ1) is 19.2. The third-order valence-electron chi connectivity index (χ3n) is 3.54. The number of carbonyl (C=O) groups is 2. The second-order valence-electron chi connectivity index (χ2n) is 5.39. The predicted octanol–water partition coefficient (Wildman–Crippen LogP) is 1.97. The first-order chi connectivity index (χ1) is 12.2. The summed E-state index contributed by atoms with van der Waals surface area (Å²) in [5.74, 6) is -2.77. The molecule has 0 unspecified atom stereocenters. The zero-order chi connectivity index (χ0) is 19.3. The zero-order valence-electron chi connectivity index (χ0n) is 13.8. The molecule has 7 nitrogen and oxygen atoms in total. The molecule has 0 radical (unpaired) electrons. The number of ether oxygens (including phenoxy) is 1. The van der Waals surface area contributed by atoms with Gasteiger partial charge in [0.2, 0.25) is 5.82 Å². The molecule has 2 aromatic rings. The van der Waals surface area contributed by atoms with Crippen molar-refractivity contribution < 1.29 is 27.5 Å². The highest BCUT2D eigenvalue weighted by atomic mass is 19.4. The molecule has 0 atom stereocenters. The van der Waals surface area contributed by atoms with Gasteiger partial charge in [-0.1, -0.05) is 12.1 Å². The standard InChI is InChI=1S/C16H15F3N4O3/c1-22(8-4-7-20)13(24)10-26-14(25)9-23-12-6-3-2-5-11(12)21-15(23)16(17,18)19/h2-3,5-6H,4,8-10H2,1H3. The monoisotopic (exact) mass is 368 g/mol. The molecule has 1 heterocycles. The molecule has 0 fully saturated rings. The van der Waals surface area contributed by atoms with Gasteiger partial charge in [-0.15, -0.1) is 0 Å². The summed E-state index contributed by atoms with van der Waals surface area (Å²) < 4.78 is 44.9. The Kier molecular flexibility index (Phi) is 5.82. The molecule has 0 spiro atoms. The topological polar surface area (TPSA) is 88.2 Å². The molecule has 138 valence electrons. The molecule has 1 aromatic heterocycles. The molecule has 0 saturated heterocycles. The van der Waals surface area contributed by atoms with E-state index in [1.54, 1.807) is 0 Å². The van der Waals surface area contributed by atoms with Gasteiger partial charge in [-0.2, -0.15) is 18.4 Å². The van der Waals surface area contributed by atoms with Gasteiger partial charge in [-0.05, 0) is 12.1 Å². The van der Waals surface area contributed by atoms with Gasteiger partial charge < -0.3 is 14.2 Å². The van der Waals surface area contributed by atoms with E-state index < -0.39 is 37.0 Å². The molecule has 0 aliphatic rings. The minimum Gasteiger partial charge on any atom is -0.454 e. The number of hydrogen-bond acceptors (Lipinski definition) is 5. The van der Waals surface area contributed by atoms with Crippen molar-refractivity contribution in [3.05, 3.63) is 30.1 Å². The van der Waals surface area contributed by atoms with E-state index in [1.807, 2.05) is 6.07 Å². The summed E-state index contributed by atoms with van der Waals surface area (Å²) in [6.07, 6.45) is -4.63. The number of hydrogen-bond donors (Lipinski definition) is 0. The minimum absolute atomic E-state index is 0.0972. The molecular formula is C16H15F3N4O3. The maximum absolute atomic E-state index is 13.2. The highest BCUT2D eigenvalue weighted by Gasteiger charge is 2.38. The molecule has 2 rings (SSSR count). The van der Waals surface area contributed by atoms with Crippen LogP contribution in [0.25, 0.3) is 11.0 Å². The lowest BCUT2D eigenvalue weighted by Crippen LogP contribution is -2.32. The number of esters is 1. The Bertz CT molecular complexity index is 855. The average molecular weight is 368 g/mol. The Labute approximate surface area is 146 Å². The van der Waals surface area contributed by atoms with Gasteiger partial charge in [-0.3, -0.25) is 9.59 Å². The number of alkyl halides is 3. The summed E-state index contributed by atoms with van der Waals surface area (Å²) >= 11 is 0. The van der Waals surface area contributed by atoms with E-state index >= 15 is 0 Å². The summed E-state index contributed by atoms with van der Waals surface area (Å²) in [5, 5.41) is 8.46. The van der Waals surface area contributed by atoms with Crippen LogP contribution in [0.3, 0.4) is 0 Å². The van der Waals surface area contributed by atoms with Crippen molar-refractivity contribution in [2.45, 2.75) is 19.1 Å². The van der Waals surface area contributed by atoms with Crippen LogP contribution in [0.4, 0.5) is 13.2 Å². The lowest BCUT2D eigenvalue weighted by Gasteiger charge is -2.15. The van der Waals surface area contributed by atoms with Crippen LogP contribution >= 0.6 is 0 Å². The Hall–Kier alpha value is -3.09. The van der Waals surface area contributed by atoms with Crippen LogP contribution in [0.1, 0.15) is 12.2 Å². The maximum Gasteiger partial charge on any atom is 0.449 e. The molecule has 0 aliphatic heterocycles. The fourth-order valence-corrected chi connectivity index (χ4v) is 2.22. The van der Waals surface area contributed by atoms with Gasteiger partial charge in [0.15, 0.2) is 6.61 Å². The molecular weight excluding hydrogens is 353 g/mol. The normalized spacial score (nSPS) is 11.2. The van der Waals surface area contributed by atoms with Crippen molar-refractivity contribution in [1.29, 1.82) is 5.26 Å². The Morgan fingerprint density at radius 2 is 2.04 bits per heavy atom. The first-order valence-corrected chi connectivity index (χ1v) is 7.53. The van der Waals surface area contributed by atoms with Gasteiger partial charge in [0.25, 0.3) is 5.91 Å². The number of nitrogens with zero attached hydrogens (tertiary/aromatic N) is 4. The van der Waals surface area contributed by atoms with E-state index in [2.05, 4.69) is 4.98 Å². The number of rotatable bonds is 6. The van der Waals surface area contributed by atoms with Crippen molar-refractivity contribution in [2.75, 3.05) is 20.2 Å². The Balaban J connectivity index is 2.10. The number of imidazole rings is 1. The van der Waals surface area contributed by atoms with Crippen LogP contribution in [0, 0.1) is 11.3 Å². The van der Waals surface area contributed by atoms with E-state index in [4.69, 9.17) is 10.00 Å². The van der Waals surface area contributed by atoms with Crippen molar-refractivity contribution in [1.82, 2.24) is 14.5 Å². The number of aromatic nitrogens is 2. The number of nitriles is 1. The van der Waals surface area contributed by atoms with Crippen LogP contribution in [-0.4, -0.2) is 46.5 Å². The maximum atomic E-state index is 13.2. The van der Waals surface area contributed by atoms with Crippen molar-refractivity contribution >= 4 is 22.9 Å².